The zero-order valence-electron chi connectivity index (χ0n) is 25.5. The van der Waals surface area contributed by atoms with Gasteiger partial charge in [0.2, 0.25) is 11.8 Å². The molecule has 1 aliphatic carbocycles. The molecule has 0 saturated carbocycles. The number of amides is 2. The number of aromatic hydroxyl groups is 1. The van der Waals surface area contributed by atoms with Crippen molar-refractivity contribution >= 4 is 25.0 Å². The van der Waals surface area contributed by atoms with Gasteiger partial charge in [-0.3, -0.25) is 19.4 Å². The molecule has 2 amide bonds. The normalized spacial score (nSPS) is 26.8. The summed E-state index contributed by atoms with van der Waals surface area (Å²) in [4.78, 5) is 31.9. The fourth-order valence-corrected chi connectivity index (χ4v) is 7.97. The van der Waals surface area contributed by atoms with Crippen molar-refractivity contribution in [3.63, 3.8) is 0 Å². The van der Waals surface area contributed by atoms with E-state index in [1.54, 1.807) is 17.0 Å². The molecule has 44 heavy (non-hydrogen) atoms. The molecule has 0 spiro atoms. The number of nitrogens with zero attached hydrogens (tertiary/aromatic N) is 2. The van der Waals surface area contributed by atoms with Gasteiger partial charge in [0.25, 0.3) is 0 Å². The summed E-state index contributed by atoms with van der Waals surface area (Å²) in [6.07, 6.45) is 5.66. The number of para-hydroxylation sites is 1. The van der Waals surface area contributed by atoms with Gasteiger partial charge in [0, 0.05) is 31.2 Å². The maximum atomic E-state index is 14.1. The first-order valence-corrected chi connectivity index (χ1v) is 16.1. The zero-order valence-corrected chi connectivity index (χ0v) is 25.5. The number of imide groups is 1. The average Bonchev–Trinajstić information content (AvgIpc) is 3.29. The molecule has 0 bridgehead atoms. The molecule has 0 radical (unpaired) electrons. The molecule has 8 nitrogen and oxygen atoms in total. The Balaban J connectivity index is 1.17. The van der Waals surface area contributed by atoms with Crippen molar-refractivity contribution in [2.75, 3.05) is 19.7 Å². The van der Waals surface area contributed by atoms with Crippen LogP contribution in [0.3, 0.4) is 0 Å². The van der Waals surface area contributed by atoms with E-state index in [1.807, 2.05) is 36.4 Å². The Morgan fingerprint density at radius 1 is 1.02 bits per heavy atom. The molecule has 2 aromatic carbocycles. The highest BCUT2D eigenvalue weighted by atomic mass is 16.5. The number of aliphatic hydroxyl groups excluding tert-OH is 1. The quantitative estimate of drug-likeness (QED) is 0.223. The second-order valence-corrected chi connectivity index (χ2v) is 12.8. The Labute approximate surface area is 260 Å². The van der Waals surface area contributed by atoms with E-state index in [1.165, 1.54) is 5.56 Å². The largest absolute Gasteiger partial charge is 0.507 e. The van der Waals surface area contributed by atoms with E-state index in [0.717, 1.165) is 61.2 Å². The SMILES string of the molecule is CC/C(=C\c1ccccc1O)CC[C@H]1OB(O)C[C@H]2C1=C(CO)C[C@H]1C(=O)N(C3CCN(Cc4ccccc4)CC3)C(=O)[C@H]12. The first-order valence-electron chi connectivity index (χ1n) is 16.1. The van der Waals surface area contributed by atoms with Gasteiger partial charge in [0.15, 0.2) is 0 Å². The molecule has 3 saturated heterocycles. The van der Waals surface area contributed by atoms with Crippen molar-refractivity contribution < 1.29 is 29.5 Å². The second-order valence-electron chi connectivity index (χ2n) is 12.8. The third kappa shape index (κ3) is 6.16. The number of carbonyl (C=O) groups excluding carboxylic acids is 2. The van der Waals surface area contributed by atoms with Crippen molar-refractivity contribution in [3.05, 3.63) is 82.4 Å². The van der Waals surface area contributed by atoms with Gasteiger partial charge in [-0.25, -0.2) is 0 Å². The minimum Gasteiger partial charge on any atom is -0.507 e. The van der Waals surface area contributed by atoms with Crippen LogP contribution in [-0.4, -0.2) is 75.8 Å². The van der Waals surface area contributed by atoms with Crippen LogP contribution < -0.4 is 0 Å². The number of hydrogen-bond acceptors (Lipinski definition) is 7. The Kier molecular flexibility index (Phi) is 9.38. The Hall–Kier alpha value is -3.24. The Morgan fingerprint density at radius 3 is 2.45 bits per heavy atom. The summed E-state index contributed by atoms with van der Waals surface area (Å²) in [5.41, 5.74) is 4.81. The summed E-state index contributed by atoms with van der Waals surface area (Å²) in [7, 11) is -1.04. The van der Waals surface area contributed by atoms with Crippen molar-refractivity contribution in [1.29, 1.82) is 0 Å². The lowest BCUT2D eigenvalue weighted by Crippen LogP contribution is -2.48. The Morgan fingerprint density at radius 2 is 1.75 bits per heavy atom. The molecular weight excluding hydrogens is 555 g/mol. The van der Waals surface area contributed by atoms with E-state index >= 15 is 0 Å². The van der Waals surface area contributed by atoms with Gasteiger partial charge < -0.3 is 19.9 Å². The standard InChI is InChI=1S/C35H43BN2O6/c1-2-23(18-25-10-6-7-11-30(25)40)12-13-31-32-26(22-39)19-28-33(29(32)20-36(43)44-31)35(42)38(34(28)41)27-14-16-37(17-15-27)21-24-8-4-3-5-9-24/h3-11,18,27-29,31,33,39-40,43H,2,12-17,19-22H2,1H3/b23-18+/t28-,29+,31-,33-/m1/s1. The van der Waals surface area contributed by atoms with Crippen LogP contribution in [0.4, 0.5) is 0 Å². The highest BCUT2D eigenvalue weighted by molar-refractivity contribution is 6.43. The predicted octanol–water partition coefficient (Wildman–Crippen LogP) is 4.42. The summed E-state index contributed by atoms with van der Waals surface area (Å²) < 4.78 is 6.07. The van der Waals surface area contributed by atoms with Crippen molar-refractivity contribution in [3.8, 4) is 5.75 Å². The van der Waals surface area contributed by atoms with E-state index < -0.39 is 25.1 Å². The molecule has 4 aliphatic rings. The van der Waals surface area contributed by atoms with Crippen LogP contribution in [0.5, 0.6) is 5.75 Å². The van der Waals surface area contributed by atoms with Gasteiger partial charge in [-0.2, -0.15) is 0 Å². The second kappa shape index (κ2) is 13.4. The van der Waals surface area contributed by atoms with E-state index in [4.69, 9.17) is 4.65 Å². The minimum atomic E-state index is -1.04. The molecule has 2 aromatic rings. The van der Waals surface area contributed by atoms with Crippen molar-refractivity contribution in [2.24, 2.45) is 17.8 Å². The van der Waals surface area contributed by atoms with Crippen LogP contribution in [0.15, 0.2) is 71.3 Å². The molecule has 6 rings (SSSR count). The number of phenolic OH excluding ortho intramolecular Hbond substituents is 1. The highest BCUT2D eigenvalue weighted by Gasteiger charge is 2.58. The van der Waals surface area contributed by atoms with Crippen LogP contribution >= 0.6 is 0 Å². The van der Waals surface area contributed by atoms with Crippen LogP contribution in [0.1, 0.15) is 56.6 Å². The lowest BCUT2D eigenvalue weighted by atomic mass is 9.58. The lowest BCUT2D eigenvalue weighted by molar-refractivity contribution is -0.144. The van der Waals surface area contributed by atoms with Crippen LogP contribution in [0.2, 0.25) is 6.32 Å². The molecule has 0 aromatic heterocycles. The fraction of sp³-hybridized carbons (Fsp3) is 0.486. The van der Waals surface area contributed by atoms with Gasteiger partial charge in [-0.15, -0.1) is 0 Å². The average molecular weight is 599 g/mol. The van der Waals surface area contributed by atoms with Crippen molar-refractivity contribution in [2.45, 2.75) is 70.5 Å². The molecule has 9 heteroatoms. The van der Waals surface area contributed by atoms with Gasteiger partial charge in [-0.1, -0.05) is 67.1 Å². The topological polar surface area (TPSA) is 111 Å². The summed E-state index contributed by atoms with van der Waals surface area (Å²) in [5, 5.41) is 31.6. The first kappa shape index (κ1) is 30.8. The minimum absolute atomic E-state index is 0.122. The summed E-state index contributed by atoms with van der Waals surface area (Å²) in [6, 6.07) is 17.4. The molecular formula is C35H43BN2O6. The monoisotopic (exact) mass is 598 g/mol. The number of fused-ring (bicyclic) bond motifs is 3. The summed E-state index contributed by atoms with van der Waals surface area (Å²) >= 11 is 0. The van der Waals surface area contributed by atoms with Crippen LogP contribution in [0, 0.1) is 17.8 Å². The number of rotatable bonds is 9. The molecule has 3 fully saturated rings. The number of aliphatic hydroxyl groups is 1. The Bertz CT molecular complexity index is 1420. The number of likely N-dealkylation sites (tertiary alicyclic amines) is 2. The van der Waals surface area contributed by atoms with Gasteiger partial charge >= 0.3 is 7.12 Å². The smallest absolute Gasteiger partial charge is 0.455 e. The van der Waals surface area contributed by atoms with Crippen LogP contribution in [-0.2, 0) is 20.8 Å². The molecule has 4 atom stereocenters. The van der Waals surface area contributed by atoms with E-state index in [2.05, 4.69) is 24.0 Å². The number of hydrogen-bond donors (Lipinski definition) is 3. The van der Waals surface area contributed by atoms with E-state index in [-0.39, 0.29) is 42.5 Å². The van der Waals surface area contributed by atoms with E-state index in [0.29, 0.717) is 19.3 Å². The lowest BCUT2D eigenvalue weighted by Gasteiger charge is -2.43. The third-order valence-electron chi connectivity index (χ3n) is 10.2. The number of phenols is 1. The van der Waals surface area contributed by atoms with Crippen molar-refractivity contribution in [1.82, 2.24) is 9.80 Å². The fourth-order valence-electron chi connectivity index (χ4n) is 7.97. The maximum Gasteiger partial charge on any atom is 0.455 e. The zero-order chi connectivity index (χ0) is 30.8. The molecule has 0 unspecified atom stereocenters. The van der Waals surface area contributed by atoms with Gasteiger partial charge in [0.1, 0.15) is 5.75 Å². The number of piperidine rings is 1. The first-order chi connectivity index (χ1) is 21.4. The number of allylic oxidation sites excluding steroid dienone is 1. The summed E-state index contributed by atoms with van der Waals surface area (Å²) in [6.45, 7) is 4.38. The highest BCUT2D eigenvalue weighted by Crippen LogP contribution is 2.51. The third-order valence-corrected chi connectivity index (χ3v) is 10.2. The molecule has 3 N–H and O–H groups in total. The predicted molar refractivity (Wildman–Crippen MR) is 169 cm³/mol. The number of carbonyl (C=O) groups is 2. The maximum absolute atomic E-state index is 14.1. The molecule has 232 valence electrons. The summed E-state index contributed by atoms with van der Waals surface area (Å²) in [5.74, 6) is -1.39. The van der Waals surface area contributed by atoms with E-state index in [9.17, 15) is 24.8 Å². The van der Waals surface area contributed by atoms with Crippen LogP contribution in [0.25, 0.3) is 6.08 Å². The van der Waals surface area contributed by atoms with Gasteiger partial charge in [0.05, 0.1) is 24.5 Å². The number of benzene rings is 2. The van der Waals surface area contributed by atoms with Gasteiger partial charge in [-0.05, 0) is 73.5 Å². The molecule has 3 heterocycles. The molecule has 3 aliphatic heterocycles.